The van der Waals surface area contributed by atoms with E-state index in [2.05, 4.69) is 4.98 Å². The van der Waals surface area contributed by atoms with E-state index in [9.17, 15) is 4.79 Å². The van der Waals surface area contributed by atoms with E-state index in [1.807, 2.05) is 24.3 Å². The van der Waals surface area contributed by atoms with E-state index in [1.165, 1.54) is 11.3 Å². The lowest BCUT2D eigenvalue weighted by Crippen LogP contribution is -1.98. The molecule has 0 amide bonds. The summed E-state index contributed by atoms with van der Waals surface area (Å²) in [5.41, 5.74) is 8.08. The minimum atomic E-state index is -0.934. The number of carbonyl (C=O) groups is 1. The van der Waals surface area contributed by atoms with Gasteiger partial charge in [0.25, 0.3) is 0 Å². The van der Waals surface area contributed by atoms with Gasteiger partial charge in [-0.3, -0.25) is 0 Å². The van der Waals surface area contributed by atoms with Crippen molar-refractivity contribution in [2.45, 2.75) is 13.5 Å². The Bertz CT molecular complexity index is 563. The number of carboxylic acid groups (broad SMARTS) is 1. The van der Waals surface area contributed by atoms with Gasteiger partial charge in [-0.05, 0) is 12.5 Å². The summed E-state index contributed by atoms with van der Waals surface area (Å²) in [4.78, 5) is 15.5. The summed E-state index contributed by atoms with van der Waals surface area (Å²) >= 11 is 1.18. The molecular weight excluding hydrogens is 236 g/mol. The van der Waals surface area contributed by atoms with Gasteiger partial charge in [-0.15, -0.1) is 11.3 Å². The first-order valence-corrected chi connectivity index (χ1v) is 5.94. The molecule has 0 aliphatic carbocycles. The molecule has 1 aromatic carbocycles. The molecule has 0 spiro atoms. The van der Waals surface area contributed by atoms with Gasteiger partial charge in [0.1, 0.15) is 9.88 Å². The maximum atomic E-state index is 11.0. The van der Waals surface area contributed by atoms with Crippen molar-refractivity contribution in [2.24, 2.45) is 5.73 Å². The lowest BCUT2D eigenvalue weighted by molar-refractivity contribution is 0.0701. The van der Waals surface area contributed by atoms with Gasteiger partial charge in [-0.25, -0.2) is 9.78 Å². The normalized spacial score (nSPS) is 10.5. The monoisotopic (exact) mass is 248 g/mol. The summed E-state index contributed by atoms with van der Waals surface area (Å²) in [6.45, 7) is 2.12. The van der Waals surface area contributed by atoms with Crippen LogP contribution in [0.15, 0.2) is 24.3 Å². The molecule has 4 nitrogen and oxygen atoms in total. The Morgan fingerprint density at radius 2 is 2.18 bits per heavy atom. The van der Waals surface area contributed by atoms with Crippen LogP contribution in [0.4, 0.5) is 0 Å². The summed E-state index contributed by atoms with van der Waals surface area (Å²) in [6, 6.07) is 7.63. The maximum absolute atomic E-state index is 11.0. The number of carboxylic acids is 1. The molecule has 17 heavy (non-hydrogen) atoms. The number of aromatic nitrogens is 1. The SMILES string of the molecule is Cc1nc(-c2ccccc2CN)sc1C(=O)O. The first-order chi connectivity index (χ1) is 8.13. The number of hydrogen-bond donors (Lipinski definition) is 2. The highest BCUT2D eigenvalue weighted by Gasteiger charge is 2.16. The molecule has 1 heterocycles. The minimum Gasteiger partial charge on any atom is -0.477 e. The Kier molecular flexibility index (Phi) is 3.21. The quantitative estimate of drug-likeness (QED) is 0.873. The highest BCUT2D eigenvalue weighted by molar-refractivity contribution is 7.17. The molecule has 0 aliphatic rings. The first kappa shape index (κ1) is 11.8. The van der Waals surface area contributed by atoms with E-state index >= 15 is 0 Å². The van der Waals surface area contributed by atoms with E-state index in [0.717, 1.165) is 11.1 Å². The Hall–Kier alpha value is -1.72. The van der Waals surface area contributed by atoms with E-state index < -0.39 is 5.97 Å². The third-order valence-electron chi connectivity index (χ3n) is 2.46. The zero-order chi connectivity index (χ0) is 12.4. The van der Waals surface area contributed by atoms with Crippen molar-refractivity contribution in [3.63, 3.8) is 0 Å². The lowest BCUT2D eigenvalue weighted by atomic mass is 10.1. The van der Waals surface area contributed by atoms with Crippen molar-refractivity contribution in [1.29, 1.82) is 0 Å². The molecule has 0 atom stereocenters. The highest BCUT2D eigenvalue weighted by atomic mass is 32.1. The molecule has 0 radical (unpaired) electrons. The second-order valence-electron chi connectivity index (χ2n) is 3.60. The smallest absolute Gasteiger partial charge is 0.347 e. The van der Waals surface area contributed by atoms with Crippen molar-refractivity contribution in [3.05, 3.63) is 40.4 Å². The van der Waals surface area contributed by atoms with Gasteiger partial charge in [-0.2, -0.15) is 0 Å². The molecule has 0 saturated heterocycles. The number of benzene rings is 1. The second-order valence-corrected chi connectivity index (χ2v) is 4.60. The molecule has 0 bridgehead atoms. The first-order valence-electron chi connectivity index (χ1n) is 5.12. The summed E-state index contributed by atoms with van der Waals surface area (Å²) in [6.07, 6.45) is 0. The van der Waals surface area contributed by atoms with Crippen LogP contribution in [0.3, 0.4) is 0 Å². The van der Waals surface area contributed by atoms with E-state index in [-0.39, 0.29) is 4.88 Å². The number of hydrogen-bond acceptors (Lipinski definition) is 4. The van der Waals surface area contributed by atoms with Gasteiger partial charge < -0.3 is 10.8 Å². The average molecular weight is 248 g/mol. The predicted molar refractivity (Wildman–Crippen MR) is 67.1 cm³/mol. The second kappa shape index (κ2) is 4.65. The van der Waals surface area contributed by atoms with Crippen molar-refractivity contribution >= 4 is 17.3 Å². The van der Waals surface area contributed by atoms with Crippen LogP contribution in [0.2, 0.25) is 0 Å². The van der Waals surface area contributed by atoms with E-state index in [4.69, 9.17) is 10.8 Å². The summed E-state index contributed by atoms with van der Waals surface area (Å²) in [5, 5.41) is 9.71. The molecular formula is C12H12N2O2S. The molecule has 2 aromatic rings. The molecule has 1 aromatic heterocycles. The summed E-state index contributed by atoms with van der Waals surface area (Å²) in [7, 11) is 0. The fraction of sp³-hybridized carbons (Fsp3) is 0.167. The van der Waals surface area contributed by atoms with Gasteiger partial charge in [0, 0.05) is 12.1 Å². The van der Waals surface area contributed by atoms with Crippen LogP contribution in [0.25, 0.3) is 10.6 Å². The Morgan fingerprint density at radius 3 is 2.76 bits per heavy atom. The molecule has 0 aliphatic heterocycles. The molecule has 3 N–H and O–H groups in total. The van der Waals surface area contributed by atoms with Gasteiger partial charge in [0.05, 0.1) is 5.69 Å². The predicted octanol–water partition coefficient (Wildman–Crippen LogP) is 2.28. The van der Waals surface area contributed by atoms with Crippen LogP contribution in [0.5, 0.6) is 0 Å². The number of aromatic carboxylic acids is 1. The Balaban J connectivity index is 2.53. The maximum Gasteiger partial charge on any atom is 0.347 e. The van der Waals surface area contributed by atoms with Crippen molar-refractivity contribution < 1.29 is 9.90 Å². The van der Waals surface area contributed by atoms with Crippen LogP contribution in [0, 0.1) is 6.92 Å². The molecule has 0 fully saturated rings. The van der Waals surface area contributed by atoms with Crippen molar-refractivity contribution in [3.8, 4) is 10.6 Å². The van der Waals surface area contributed by atoms with E-state index in [1.54, 1.807) is 6.92 Å². The van der Waals surface area contributed by atoms with Crippen LogP contribution in [-0.4, -0.2) is 16.1 Å². The Labute approximate surface area is 103 Å². The topological polar surface area (TPSA) is 76.2 Å². The number of nitrogens with zero attached hydrogens (tertiary/aromatic N) is 1. The zero-order valence-corrected chi connectivity index (χ0v) is 10.1. The average Bonchev–Trinajstić information content (AvgIpc) is 2.71. The number of aryl methyl sites for hydroxylation is 1. The van der Waals surface area contributed by atoms with Crippen molar-refractivity contribution in [1.82, 2.24) is 4.98 Å². The van der Waals surface area contributed by atoms with Gasteiger partial charge in [0.2, 0.25) is 0 Å². The van der Waals surface area contributed by atoms with Crippen LogP contribution in [-0.2, 0) is 6.54 Å². The van der Waals surface area contributed by atoms with Gasteiger partial charge >= 0.3 is 5.97 Å². The molecule has 88 valence electrons. The molecule has 0 unspecified atom stereocenters. The third kappa shape index (κ3) is 2.20. The summed E-state index contributed by atoms with van der Waals surface area (Å²) < 4.78 is 0. The van der Waals surface area contributed by atoms with Crippen LogP contribution < -0.4 is 5.73 Å². The lowest BCUT2D eigenvalue weighted by Gasteiger charge is -2.03. The molecule has 2 rings (SSSR count). The Morgan fingerprint density at radius 1 is 1.47 bits per heavy atom. The zero-order valence-electron chi connectivity index (χ0n) is 9.30. The molecule has 0 saturated carbocycles. The van der Waals surface area contributed by atoms with Crippen molar-refractivity contribution in [2.75, 3.05) is 0 Å². The molecule has 5 heteroatoms. The van der Waals surface area contributed by atoms with Crippen LogP contribution >= 0.6 is 11.3 Å². The standard InChI is InChI=1S/C12H12N2O2S/c1-7-10(12(15)16)17-11(14-7)9-5-3-2-4-8(9)6-13/h2-5H,6,13H2,1H3,(H,15,16). The van der Waals surface area contributed by atoms with E-state index in [0.29, 0.717) is 17.2 Å². The largest absolute Gasteiger partial charge is 0.477 e. The number of rotatable bonds is 3. The fourth-order valence-corrected chi connectivity index (χ4v) is 2.58. The number of nitrogens with two attached hydrogens (primary N) is 1. The minimum absolute atomic E-state index is 0.284. The van der Waals surface area contributed by atoms with Gasteiger partial charge in [0.15, 0.2) is 0 Å². The third-order valence-corrected chi connectivity index (χ3v) is 3.64. The van der Waals surface area contributed by atoms with Gasteiger partial charge in [-0.1, -0.05) is 24.3 Å². The fourth-order valence-electron chi connectivity index (χ4n) is 1.62. The number of thiazole rings is 1. The highest BCUT2D eigenvalue weighted by Crippen LogP contribution is 2.30. The summed E-state index contributed by atoms with van der Waals surface area (Å²) in [5.74, 6) is -0.934. The van der Waals surface area contributed by atoms with Crippen LogP contribution in [0.1, 0.15) is 20.9 Å².